The third-order valence-electron chi connectivity index (χ3n) is 3.52. The van der Waals surface area contributed by atoms with E-state index in [0.717, 1.165) is 5.92 Å². The Morgan fingerprint density at radius 2 is 2.07 bits per heavy atom. The molecule has 2 N–H and O–H groups in total. The van der Waals surface area contributed by atoms with E-state index in [1.165, 1.54) is 30.4 Å². The van der Waals surface area contributed by atoms with Crippen LogP contribution in [0.5, 0.6) is 0 Å². The molecule has 2 rings (SSSR count). The average Bonchev–Trinajstić information content (AvgIpc) is 2.54. The normalized spacial score (nSPS) is 24.5. The fourth-order valence-electron chi connectivity index (χ4n) is 2.54. The second-order valence-electron chi connectivity index (χ2n) is 5.16. The molecule has 0 aromatic heterocycles. The van der Waals surface area contributed by atoms with Gasteiger partial charge in [0.15, 0.2) is 0 Å². The van der Waals surface area contributed by atoms with Crippen molar-refractivity contribution in [1.29, 1.82) is 0 Å². The van der Waals surface area contributed by atoms with E-state index in [1.807, 2.05) is 0 Å². The van der Waals surface area contributed by atoms with Crippen molar-refractivity contribution in [3.05, 3.63) is 35.4 Å². The van der Waals surface area contributed by atoms with Gasteiger partial charge in [0.05, 0.1) is 0 Å². The lowest BCUT2D eigenvalue weighted by molar-refractivity contribution is 0.388. The molecule has 0 aliphatic heterocycles. The summed E-state index contributed by atoms with van der Waals surface area (Å²) in [6.45, 7) is 4.57. The minimum Gasteiger partial charge on any atom is -0.324 e. The summed E-state index contributed by atoms with van der Waals surface area (Å²) in [7, 11) is 0. The van der Waals surface area contributed by atoms with Crippen LogP contribution in [0.3, 0.4) is 0 Å². The monoisotopic (exact) mass is 203 g/mol. The van der Waals surface area contributed by atoms with Crippen LogP contribution in [0.15, 0.2) is 24.3 Å². The average molecular weight is 203 g/mol. The molecule has 1 aromatic carbocycles. The van der Waals surface area contributed by atoms with Gasteiger partial charge in [-0.05, 0) is 35.8 Å². The molecule has 0 saturated carbocycles. The van der Waals surface area contributed by atoms with E-state index >= 15 is 0 Å². The van der Waals surface area contributed by atoms with E-state index in [2.05, 4.69) is 38.1 Å². The predicted octanol–water partition coefficient (Wildman–Crippen LogP) is 3.29. The summed E-state index contributed by atoms with van der Waals surface area (Å²) in [4.78, 5) is 0. The number of benzene rings is 1. The highest BCUT2D eigenvalue weighted by atomic mass is 14.7. The molecule has 1 aliphatic rings. The quantitative estimate of drug-likeness (QED) is 0.801. The SMILES string of the molecule is CC(C)CCC1Cc2ccccc2C1N. The molecule has 0 fully saturated rings. The Morgan fingerprint density at radius 3 is 2.73 bits per heavy atom. The molecule has 2 unspecified atom stereocenters. The molecule has 0 bridgehead atoms. The van der Waals surface area contributed by atoms with Crippen LogP contribution in [0.2, 0.25) is 0 Å². The summed E-state index contributed by atoms with van der Waals surface area (Å²) in [5, 5.41) is 0. The van der Waals surface area contributed by atoms with Crippen LogP contribution in [0.25, 0.3) is 0 Å². The second kappa shape index (κ2) is 4.36. The van der Waals surface area contributed by atoms with Gasteiger partial charge in [-0.15, -0.1) is 0 Å². The van der Waals surface area contributed by atoms with Gasteiger partial charge in [-0.1, -0.05) is 44.5 Å². The van der Waals surface area contributed by atoms with Crippen molar-refractivity contribution in [2.75, 3.05) is 0 Å². The fraction of sp³-hybridized carbons (Fsp3) is 0.571. The van der Waals surface area contributed by atoms with Crippen LogP contribution in [0.1, 0.15) is 43.9 Å². The summed E-state index contributed by atoms with van der Waals surface area (Å²) >= 11 is 0. The number of rotatable bonds is 3. The van der Waals surface area contributed by atoms with Crippen molar-refractivity contribution in [2.45, 2.75) is 39.2 Å². The van der Waals surface area contributed by atoms with Crippen LogP contribution in [-0.4, -0.2) is 0 Å². The molecular formula is C14H21N. The van der Waals surface area contributed by atoms with Crippen LogP contribution in [-0.2, 0) is 6.42 Å². The zero-order valence-corrected chi connectivity index (χ0v) is 9.74. The first kappa shape index (κ1) is 10.7. The van der Waals surface area contributed by atoms with Gasteiger partial charge >= 0.3 is 0 Å². The lowest BCUT2D eigenvalue weighted by Crippen LogP contribution is -2.17. The Morgan fingerprint density at radius 1 is 1.33 bits per heavy atom. The van der Waals surface area contributed by atoms with Crippen LogP contribution in [0.4, 0.5) is 0 Å². The zero-order chi connectivity index (χ0) is 10.8. The van der Waals surface area contributed by atoms with Crippen molar-refractivity contribution < 1.29 is 0 Å². The highest BCUT2D eigenvalue weighted by Crippen LogP contribution is 2.37. The molecule has 1 aromatic rings. The maximum Gasteiger partial charge on any atom is 0.0329 e. The Labute approximate surface area is 92.7 Å². The third-order valence-corrected chi connectivity index (χ3v) is 3.52. The van der Waals surface area contributed by atoms with Crippen LogP contribution < -0.4 is 5.73 Å². The standard InChI is InChI=1S/C14H21N/c1-10(2)7-8-12-9-11-5-3-4-6-13(11)14(12)15/h3-6,10,12,14H,7-9,15H2,1-2H3. The molecule has 0 amide bonds. The molecular weight excluding hydrogens is 182 g/mol. The summed E-state index contributed by atoms with van der Waals surface area (Å²) < 4.78 is 0. The smallest absolute Gasteiger partial charge is 0.0329 e. The van der Waals surface area contributed by atoms with Gasteiger partial charge < -0.3 is 5.73 Å². The number of nitrogens with two attached hydrogens (primary N) is 1. The number of hydrogen-bond acceptors (Lipinski definition) is 1. The first-order valence-corrected chi connectivity index (χ1v) is 6.02. The van der Waals surface area contributed by atoms with Gasteiger partial charge in [-0.25, -0.2) is 0 Å². The van der Waals surface area contributed by atoms with E-state index in [-0.39, 0.29) is 6.04 Å². The van der Waals surface area contributed by atoms with Crippen molar-refractivity contribution >= 4 is 0 Å². The van der Waals surface area contributed by atoms with E-state index in [0.29, 0.717) is 5.92 Å². The first-order chi connectivity index (χ1) is 7.18. The number of hydrogen-bond donors (Lipinski definition) is 1. The Kier molecular flexibility index (Phi) is 3.11. The molecule has 1 heteroatoms. The lowest BCUT2D eigenvalue weighted by atomic mass is 9.93. The van der Waals surface area contributed by atoms with Crippen LogP contribution in [0, 0.1) is 11.8 Å². The van der Waals surface area contributed by atoms with Gasteiger partial charge in [0.25, 0.3) is 0 Å². The van der Waals surface area contributed by atoms with Crippen LogP contribution >= 0.6 is 0 Å². The van der Waals surface area contributed by atoms with Crippen molar-refractivity contribution in [2.24, 2.45) is 17.6 Å². The highest BCUT2D eigenvalue weighted by molar-refractivity contribution is 5.35. The minimum atomic E-state index is 0.278. The highest BCUT2D eigenvalue weighted by Gasteiger charge is 2.28. The molecule has 0 radical (unpaired) electrons. The minimum absolute atomic E-state index is 0.278. The predicted molar refractivity (Wildman–Crippen MR) is 64.6 cm³/mol. The molecule has 0 spiro atoms. The first-order valence-electron chi connectivity index (χ1n) is 6.02. The van der Waals surface area contributed by atoms with Crippen molar-refractivity contribution in [1.82, 2.24) is 0 Å². The third kappa shape index (κ3) is 2.23. The lowest BCUT2D eigenvalue weighted by Gasteiger charge is -2.16. The van der Waals surface area contributed by atoms with E-state index in [4.69, 9.17) is 5.73 Å². The zero-order valence-electron chi connectivity index (χ0n) is 9.74. The Hall–Kier alpha value is -0.820. The van der Waals surface area contributed by atoms with E-state index in [1.54, 1.807) is 0 Å². The summed E-state index contributed by atoms with van der Waals surface area (Å²) in [6.07, 6.45) is 3.75. The maximum absolute atomic E-state index is 6.28. The van der Waals surface area contributed by atoms with Gasteiger partial charge in [-0.3, -0.25) is 0 Å². The van der Waals surface area contributed by atoms with Crippen molar-refractivity contribution in [3.8, 4) is 0 Å². The van der Waals surface area contributed by atoms with Gasteiger partial charge in [-0.2, -0.15) is 0 Å². The van der Waals surface area contributed by atoms with Crippen molar-refractivity contribution in [3.63, 3.8) is 0 Å². The summed E-state index contributed by atoms with van der Waals surface area (Å²) in [5.74, 6) is 1.46. The second-order valence-corrected chi connectivity index (χ2v) is 5.16. The molecule has 15 heavy (non-hydrogen) atoms. The van der Waals surface area contributed by atoms with Gasteiger partial charge in [0, 0.05) is 6.04 Å². The fourth-order valence-corrected chi connectivity index (χ4v) is 2.54. The molecule has 0 heterocycles. The van der Waals surface area contributed by atoms with E-state index in [9.17, 15) is 0 Å². The summed E-state index contributed by atoms with van der Waals surface area (Å²) in [6, 6.07) is 8.92. The largest absolute Gasteiger partial charge is 0.324 e. The van der Waals surface area contributed by atoms with Gasteiger partial charge in [0.2, 0.25) is 0 Å². The molecule has 1 aliphatic carbocycles. The topological polar surface area (TPSA) is 26.0 Å². The molecule has 82 valence electrons. The Balaban J connectivity index is 2.03. The summed E-state index contributed by atoms with van der Waals surface area (Å²) in [5.41, 5.74) is 9.13. The van der Waals surface area contributed by atoms with E-state index < -0.39 is 0 Å². The maximum atomic E-state index is 6.28. The molecule has 1 nitrogen and oxygen atoms in total. The van der Waals surface area contributed by atoms with Gasteiger partial charge in [0.1, 0.15) is 0 Å². The number of fused-ring (bicyclic) bond motifs is 1. The molecule has 0 saturated heterocycles. The molecule has 2 atom stereocenters. The Bertz CT molecular complexity index is 330.